The van der Waals surface area contributed by atoms with E-state index in [-0.39, 0.29) is 17.9 Å². The number of ether oxygens (including phenoxy) is 1. The van der Waals surface area contributed by atoms with Crippen LogP contribution in [0.3, 0.4) is 0 Å². The van der Waals surface area contributed by atoms with Gasteiger partial charge in [-0.3, -0.25) is 4.79 Å². The van der Waals surface area contributed by atoms with Crippen molar-refractivity contribution < 1.29 is 23.1 Å². The summed E-state index contributed by atoms with van der Waals surface area (Å²) in [5, 5.41) is 18.2. The Morgan fingerprint density at radius 2 is 2.13 bits per heavy atom. The molecule has 1 heterocycles. The van der Waals surface area contributed by atoms with Crippen LogP contribution in [0.15, 0.2) is 23.1 Å². The Labute approximate surface area is 135 Å². The number of β-amino-alcohol motifs (C(OH)–C–C–N with tert-alkyl or cyclic N) is 1. The number of benzene rings is 1. The largest absolute Gasteiger partial charge is 0.449 e. The van der Waals surface area contributed by atoms with Gasteiger partial charge in [-0.25, -0.2) is 8.42 Å². The Bertz CT molecular complexity index is 754. The van der Waals surface area contributed by atoms with E-state index in [0.717, 1.165) is 15.4 Å². The average Bonchev–Trinajstić information content (AvgIpc) is 2.90. The lowest BCUT2D eigenvalue weighted by Gasteiger charge is -2.22. The zero-order chi connectivity index (χ0) is 17.2. The Hall–Kier alpha value is -1.95. The van der Waals surface area contributed by atoms with Crippen LogP contribution in [0.4, 0.5) is 0 Å². The molecule has 8 heteroatoms. The molecule has 1 fully saturated rings. The molecule has 0 aromatic heterocycles. The monoisotopic (exact) mass is 338 g/mol. The number of rotatable bonds is 4. The highest BCUT2D eigenvalue weighted by molar-refractivity contribution is 7.89. The number of carbonyl (C=O) groups is 1. The van der Waals surface area contributed by atoms with Crippen LogP contribution in [-0.2, 0) is 19.6 Å². The van der Waals surface area contributed by atoms with Gasteiger partial charge in [-0.15, -0.1) is 0 Å². The Balaban J connectivity index is 2.34. The molecule has 1 aliphatic heterocycles. The van der Waals surface area contributed by atoms with E-state index in [1.165, 1.54) is 12.1 Å². The quantitative estimate of drug-likeness (QED) is 0.801. The van der Waals surface area contributed by atoms with E-state index >= 15 is 0 Å². The number of aliphatic hydroxyl groups is 1. The van der Waals surface area contributed by atoms with Gasteiger partial charge in [0, 0.05) is 13.0 Å². The molecule has 1 aromatic rings. The molecule has 1 aliphatic rings. The lowest BCUT2D eigenvalue weighted by Crippen LogP contribution is -2.41. The predicted molar refractivity (Wildman–Crippen MR) is 80.8 cm³/mol. The van der Waals surface area contributed by atoms with Crippen molar-refractivity contribution in [3.8, 4) is 6.07 Å². The van der Waals surface area contributed by atoms with Gasteiger partial charge in [-0.1, -0.05) is 6.07 Å². The first kappa shape index (κ1) is 17.4. The molecule has 1 saturated heterocycles. The fourth-order valence-corrected chi connectivity index (χ4v) is 4.19. The van der Waals surface area contributed by atoms with Gasteiger partial charge in [0.05, 0.1) is 11.0 Å². The molecule has 1 aromatic carbocycles. The first-order chi connectivity index (χ1) is 10.8. The summed E-state index contributed by atoms with van der Waals surface area (Å²) >= 11 is 0. The van der Waals surface area contributed by atoms with Crippen molar-refractivity contribution in [2.75, 3.05) is 13.2 Å². The van der Waals surface area contributed by atoms with Gasteiger partial charge in [-0.05, 0) is 37.1 Å². The molecule has 7 nitrogen and oxygen atoms in total. The summed E-state index contributed by atoms with van der Waals surface area (Å²) in [4.78, 5) is 12.0. The van der Waals surface area contributed by atoms with Crippen LogP contribution >= 0.6 is 0 Å². The van der Waals surface area contributed by atoms with Crippen LogP contribution in [-0.4, -0.2) is 49.1 Å². The topological polar surface area (TPSA) is 108 Å². The maximum absolute atomic E-state index is 12.8. The molecule has 2 atom stereocenters. The molecule has 0 radical (unpaired) electrons. The van der Waals surface area contributed by atoms with Crippen LogP contribution in [0.5, 0.6) is 0 Å². The SMILES string of the molecule is Cc1ccc(S(=O)(=O)N2C[C@H](O)C[C@H]2C(=O)OCC#N)cc1C. The zero-order valence-corrected chi connectivity index (χ0v) is 13.7. The molecule has 0 bridgehead atoms. The fourth-order valence-electron chi connectivity index (χ4n) is 2.47. The summed E-state index contributed by atoms with van der Waals surface area (Å²) in [5.41, 5.74) is 1.77. The number of aliphatic hydroxyl groups excluding tert-OH is 1. The number of nitrogens with zero attached hydrogens (tertiary/aromatic N) is 2. The molecule has 0 spiro atoms. The number of nitriles is 1. The van der Waals surface area contributed by atoms with Crippen LogP contribution in [0.2, 0.25) is 0 Å². The maximum atomic E-state index is 12.8. The highest BCUT2D eigenvalue weighted by Gasteiger charge is 2.44. The number of carbonyl (C=O) groups excluding carboxylic acids is 1. The molecular formula is C15H18N2O5S. The lowest BCUT2D eigenvalue weighted by atomic mass is 10.1. The van der Waals surface area contributed by atoms with Gasteiger partial charge in [0.2, 0.25) is 10.0 Å². The summed E-state index contributed by atoms with van der Waals surface area (Å²) in [6.07, 6.45) is -0.995. The van der Waals surface area contributed by atoms with Crippen LogP contribution in [0, 0.1) is 25.2 Å². The molecule has 0 unspecified atom stereocenters. The normalized spacial score (nSPS) is 21.8. The van der Waals surface area contributed by atoms with Crippen LogP contribution in [0.1, 0.15) is 17.5 Å². The molecule has 0 saturated carbocycles. The second-order valence-corrected chi connectivity index (χ2v) is 7.38. The molecule has 0 amide bonds. The van der Waals surface area contributed by atoms with Crippen LogP contribution in [0.25, 0.3) is 0 Å². The van der Waals surface area contributed by atoms with Crippen molar-refractivity contribution in [2.45, 2.75) is 37.3 Å². The Morgan fingerprint density at radius 1 is 1.43 bits per heavy atom. The first-order valence-corrected chi connectivity index (χ1v) is 8.52. The summed E-state index contributed by atoms with van der Waals surface area (Å²) in [6.45, 7) is 3.03. The van der Waals surface area contributed by atoms with Gasteiger partial charge in [0.25, 0.3) is 0 Å². The Morgan fingerprint density at radius 3 is 2.74 bits per heavy atom. The predicted octanol–water partition coefficient (Wildman–Crippen LogP) is 0.494. The fraction of sp³-hybridized carbons (Fsp3) is 0.467. The molecule has 0 aliphatic carbocycles. The zero-order valence-electron chi connectivity index (χ0n) is 12.9. The second-order valence-electron chi connectivity index (χ2n) is 5.49. The number of hydrogen-bond acceptors (Lipinski definition) is 6. The third-order valence-electron chi connectivity index (χ3n) is 3.87. The van der Waals surface area contributed by atoms with Crippen LogP contribution < -0.4 is 0 Å². The number of hydrogen-bond donors (Lipinski definition) is 1. The molecular weight excluding hydrogens is 320 g/mol. The molecule has 124 valence electrons. The van der Waals surface area contributed by atoms with Gasteiger partial charge < -0.3 is 9.84 Å². The number of sulfonamides is 1. The molecule has 23 heavy (non-hydrogen) atoms. The standard InChI is InChI=1S/C15H18N2O5S/c1-10-3-4-13(7-11(10)2)23(20,21)17-9-12(18)8-14(17)15(19)22-6-5-16/h3-4,7,12,14,18H,6,8-9H2,1-2H3/t12-,14+/m1/s1. The van der Waals surface area contributed by atoms with Gasteiger partial charge in [-0.2, -0.15) is 9.57 Å². The van der Waals surface area contributed by atoms with E-state index in [1.807, 2.05) is 6.92 Å². The van der Waals surface area contributed by atoms with Gasteiger partial charge in [0.15, 0.2) is 6.61 Å². The summed E-state index contributed by atoms with van der Waals surface area (Å²) in [7, 11) is -3.94. The van der Waals surface area contributed by atoms with E-state index in [2.05, 4.69) is 0 Å². The van der Waals surface area contributed by atoms with Crippen molar-refractivity contribution in [2.24, 2.45) is 0 Å². The second kappa shape index (κ2) is 6.66. The molecule has 1 N–H and O–H groups in total. The van der Waals surface area contributed by atoms with Gasteiger partial charge >= 0.3 is 5.97 Å². The minimum atomic E-state index is -3.94. The van der Waals surface area contributed by atoms with E-state index < -0.39 is 34.7 Å². The van der Waals surface area contributed by atoms with E-state index in [4.69, 9.17) is 10.00 Å². The van der Waals surface area contributed by atoms with Gasteiger partial charge in [0.1, 0.15) is 12.1 Å². The first-order valence-electron chi connectivity index (χ1n) is 7.08. The average molecular weight is 338 g/mol. The minimum Gasteiger partial charge on any atom is -0.449 e. The third-order valence-corrected chi connectivity index (χ3v) is 5.74. The summed E-state index contributed by atoms with van der Waals surface area (Å²) in [5.74, 6) is -0.824. The van der Waals surface area contributed by atoms with Crippen molar-refractivity contribution in [1.82, 2.24) is 4.31 Å². The highest BCUT2D eigenvalue weighted by Crippen LogP contribution is 2.28. The van der Waals surface area contributed by atoms with Crippen molar-refractivity contribution in [1.29, 1.82) is 5.26 Å². The van der Waals surface area contributed by atoms with Crippen molar-refractivity contribution in [3.63, 3.8) is 0 Å². The number of esters is 1. The highest BCUT2D eigenvalue weighted by atomic mass is 32.2. The minimum absolute atomic E-state index is 0.0473. The smallest absolute Gasteiger partial charge is 0.325 e. The third kappa shape index (κ3) is 3.52. The molecule has 2 rings (SSSR count). The van der Waals surface area contributed by atoms with E-state index in [9.17, 15) is 18.3 Å². The maximum Gasteiger partial charge on any atom is 0.325 e. The Kier molecular flexibility index (Phi) is 5.04. The lowest BCUT2D eigenvalue weighted by molar-refractivity contribution is -0.146. The van der Waals surface area contributed by atoms with Crippen molar-refractivity contribution in [3.05, 3.63) is 29.3 Å². The van der Waals surface area contributed by atoms with E-state index in [0.29, 0.717) is 0 Å². The number of aryl methyl sites for hydroxylation is 2. The van der Waals surface area contributed by atoms with E-state index in [1.54, 1.807) is 19.1 Å². The summed E-state index contributed by atoms with van der Waals surface area (Å²) < 4.78 is 31.2. The summed E-state index contributed by atoms with van der Waals surface area (Å²) in [6, 6.07) is 5.24. The van der Waals surface area contributed by atoms with Crippen molar-refractivity contribution >= 4 is 16.0 Å².